The topological polar surface area (TPSA) is 96.9 Å². The first kappa shape index (κ1) is 25.7. The molecule has 1 aromatic rings. The molecule has 0 N–H and O–H groups in total. The molecular formula is C32H41N3O3. The highest BCUT2D eigenvalue weighted by atomic mass is 16.4. The molecular weight excluding hydrogens is 474 g/mol. The largest absolute Gasteiger partial charge is 0.425 e. The molecule has 0 spiro atoms. The molecule has 6 nitrogen and oxygen atoms in total. The number of nitrogens with zero attached hydrogens (tertiary/aromatic N) is 3. The minimum absolute atomic E-state index is 0.0489. The SMILES string of the molecule is Cc1nnc([C@]23CCC(C)(C)CC2C2C(=O)C=C4[C@@]5(C)C=C(C#N)C(=O)[C@@H](C)C5CC[C@@]4(C)[C@]2(C)CC3)o1. The van der Waals surface area contributed by atoms with Crippen LogP contribution in [0.4, 0.5) is 0 Å². The summed E-state index contributed by atoms with van der Waals surface area (Å²) in [6.07, 6.45) is 10.6. The van der Waals surface area contributed by atoms with Crippen LogP contribution in [0.3, 0.4) is 0 Å². The maximum Gasteiger partial charge on any atom is 0.222 e. The van der Waals surface area contributed by atoms with E-state index in [9.17, 15) is 14.9 Å². The molecule has 202 valence electrons. The van der Waals surface area contributed by atoms with Crippen LogP contribution in [0.5, 0.6) is 0 Å². The molecule has 6 rings (SSSR count). The maximum absolute atomic E-state index is 14.5. The first-order valence-corrected chi connectivity index (χ1v) is 14.5. The molecule has 0 aliphatic heterocycles. The average molecular weight is 516 g/mol. The minimum Gasteiger partial charge on any atom is -0.425 e. The normalized spacial score (nSPS) is 45.5. The molecule has 5 aliphatic carbocycles. The van der Waals surface area contributed by atoms with E-state index in [0.29, 0.717) is 5.89 Å². The number of nitriles is 1. The quantitative estimate of drug-likeness (QED) is 0.426. The lowest BCUT2D eigenvalue weighted by molar-refractivity contribution is -0.159. The number of aromatic nitrogens is 2. The van der Waals surface area contributed by atoms with Crippen molar-refractivity contribution in [1.82, 2.24) is 10.2 Å². The smallest absolute Gasteiger partial charge is 0.222 e. The number of rotatable bonds is 1. The molecule has 1 aromatic heterocycles. The zero-order chi connectivity index (χ0) is 27.5. The molecule has 3 fully saturated rings. The highest BCUT2D eigenvalue weighted by Crippen LogP contribution is 2.73. The van der Waals surface area contributed by atoms with Crippen molar-refractivity contribution in [2.45, 2.75) is 98.8 Å². The first-order valence-electron chi connectivity index (χ1n) is 14.5. The molecule has 38 heavy (non-hydrogen) atoms. The van der Waals surface area contributed by atoms with Gasteiger partial charge in [-0.2, -0.15) is 5.26 Å². The number of Topliss-reactive ketones (excluding diaryl/α,β-unsaturated/α-hetero) is 1. The first-order chi connectivity index (χ1) is 17.7. The standard InChI is InChI=1S/C32H41N3O3/c1-18-21-8-9-30(6)24(29(21,5)15-20(17-33)26(18)37)14-23(36)25-22-16-28(3,4)10-12-32(22,13-11-31(25,30)7)27-35-34-19(2)38-27/h14-15,18,21-22,25H,8-13,16H2,1-7H3/t18-,21?,22?,25?,29-,30+,31+,32-/m0/s1. The van der Waals surface area contributed by atoms with Gasteiger partial charge in [-0.15, -0.1) is 10.2 Å². The number of hydrogen-bond acceptors (Lipinski definition) is 6. The second-order valence-electron chi connectivity index (χ2n) is 14.7. The maximum atomic E-state index is 14.5. The zero-order valence-corrected chi connectivity index (χ0v) is 24.0. The van der Waals surface area contributed by atoms with Crippen LogP contribution in [0.2, 0.25) is 0 Å². The predicted octanol–water partition coefficient (Wildman–Crippen LogP) is 6.46. The Labute approximate surface area is 226 Å². The van der Waals surface area contributed by atoms with Crippen LogP contribution in [-0.4, -0.2) is 21.8 Å². The van der Waals surface area contributed by atoms with Crippen molar-refractivity contribution in [1.29, 1.82) is 5.26 Å². The van der Waals surface area contributed by atoms with Gasteiger partial charge in [-0.3, -0.25) is 9.59 Å². The van der Waals surface area contributed by atoms with E-state index in [1.165, 1.54) is 0 Å². The lowest BCUT2D eigenvalue weighted by atomic mass is 9.35. The van der Waals surface area contributed by atoms with Gasteiger partial charge in [-0.1, -0.05) is 53.2 Å². The molecule has 5 aliphatic rings. The molecule has 3 unspecified atom stereocenters. The van der Waals surface area contributed by atoms with E-state index in [0.717, 1.165) is 56.4 Å². The Morgan fingerprint density at radius 1 is 1.00 bits per heavy atom. The summed E-state index contributed by atoms with van der Waals surface area (Å²) < 4.78 is 6.14. The third-order valence-electron chi connectivity index (χ3n) is 12.5. The van der Waals surface area contributed by atoms with Gasteiger partial charge in [-0.25, -0.2) is 0 Å². The summed E-state index contributed by atoms with van der Waals surface area (Å²) in [7, 11) is 0. The van der Waals surface area contributed by atoms with E-state index in [-0.39, 0.29) is 62.5 Å². The number of ketones is 2. The van der Waals surface area contributed by atoms with Crippen LogP contribution in [0.1, 0.15) is 98.3 Å². The highest BCUT2D eigenvalue weighted by molar-refractivity contribution is 6.02. The number of hydrogen-bond donors (Lipinski definition) is 0. The third-order valence-corrected chi connectivity index (χ3v) is 12.5. The van der Waals surface area contributed by atoms with Gasteiger partial charge in [0.25, 0.3) is 0 Å². The highest BCUT2D eigenvalue weighted by Gasteiger charge is 2.70. The number of allylic oxidation sites excluding steroid dienone is 4. The number of carbonyl (C=O) groups excluding carboxylic acids is 2. The van der Waals surface area contributed by atoms with Crippen LogP contribution in [0.25, 0.3) is 0 Å². The number of carbonyl (C=O) groups is 2. The van der Waals surface area contributed by atoms with Crippen molar-refractivity contribution in [3.63, 3.8) is 0 Å². The summed E-state index contributed by atoms with van der Waals surface area (Å²) >= 11 is 0. The van der Waals surface area contributed by atoms with Gasteiger partial charge in [0, 0.05) is 24.2 Å². The summed E-state index contributed by atoms with van der Waals surface area (Å²) in [6, 6.07) is 2.17. The second-order valence-corrected chi connectivity index (χ2v) is 14.7. The van der Waals surface area contributed by atoms with Crippen molar-refractivity contribution in [2.24, 2.45) is 45.3 Å². The average Bonchev–Trinajstić information content (AvgIpc) is 3.29. The molecule has 3 saturated carbocycles. The fourth-order valence-corrected chi connectivity index (χ4v) is 10.1. The molecule has 0 amide bonds. The van der Waals surface area contributed by atoms with E-state index in [2.05, 4.69) is 50.9 Å². The van der Waals surface area contributed by atoms with Gasteiger partial charge in [-0.05, 0) is 79.1 Å². The van der Waals surface area contributed by atoms with E-state index in [1.54, 1.807) is 0 Å². The van der Waals surface area contributed by atoms with E-state index in [4.69, 9.17) is 4.42 Å². The monoisotopic (exact) mass is 515 g/mol. The van der Waals surface area contributed by atoms with E-state index in [1.807, 2.05) is 26.0 Å². The van der Waals surface area contributed by atoms with Gasteiger partial charge < -0.3 is 4.42 Å². The van der Waals surface area contributed by atoms with Gasteiger partial charge >= 0.3 is 0 Å². The van der Waals surface area contributed by atoms with Gasteiger partial charge in [0.05, 0.1) is 11.0 Å². The molecule has 0 saturated heterocycles. The Bertz CT molecular complexity index is 1350. The predicted molar refractivity (Wildman–Crippen MR) is 143 cm³/mol. The van der Waals surface area contributed by atoms with Gasteiger partial charge in [0.15, 0.2) is 11.6 Å². The molecule has 0 radical (unpaired) electrons. The van der Waals surface area contributed by atoms with Gasteiger partial charge in [0.2, 0.25) is 11.8 Å². The van der Waals surface area contributed by atoms with Crippen LogP contribution in [0, 0.1) is 63.6 Å². The lowest BCUT2D eigenvalue weighted by Gasteiger charge is -2.68. The Balaban J connectivity index is 1.53. The molecule has 0 bridgehead atoms. The number of fused-ring (bicyclic) bond motifs is 7. The Kier molecular flexibility index (Phi) is 5.26. The minimum atomic E-state index is -0.473. The fraction of sp³-hybridized carbons (Fsp3) is 0.719. The van der Waals surface area contributed by atoms with Crippen molar-refractivity contribution in [3.05, 3.63) is 35.1 Å². The fourth-order valence-electron chi connectivity index (χ4n) is 10.1. The summed E-state index contributed by atoms with van der Waals surface area (Å²) in [5.41, 5.74) is 0.368. The Morgan fingerprint density at radius 3 is 2.37 bits per heavy atom. The lowest BCUT2D eigenvalue weighted by Crippen LogP contribution is -2.65. The molecule has 1 heterocycles. The van der Waals surface area contributed by atoms with Crippen molar-refractivity contribution in [3.8, 4) is 6.07 Å². The summed E-state index contributed by atoms with van der Waals surface area (Å²) in [6.45, 7) is 15.4. The third kappa shape index (κ3) is 3.05. The molecule has 6 heteroatoms. The van der Waals surface area contributed by atoms with E-state index < -0.39 is 5.41 Å². The molecule has 8 atom stereocenters. The van der Waals surface area contributed by atoms with Crippen LogP contribution < -0.4 is 0 Å². The van der Waals surface area contributed by atoms with Gasteiger partial charge in [0.1, 0.15) is 6.07 Å². The second kappa shape index (κ2) is 7.77. The number of aryl methyl sites for hydroxylation is 1. The van der Waals surface area contributed by atoms with Crippen molar-refractivity contribution >= 4 is 11.6 Å². The van der Waals surface area contributed by atoms with Crippen LogP contribution in [0.15, 0.2) is 27.7 Å². The van der Waals surface area contributed by atoms with Crippen LogP contribution >= 0.6 is 0 Å². The van der Waals surface area contributed by atoms with Crippen molar-refractivity contribution < 1.29 is 14.0 Å². The summed E-state index contributed by atoms with van der Waals surface area (Å²) in [4.78, 5) is 27.4. The summed E-state index contributed by atoms with van der Waals surface area (Å²) in [5.74, 6) is 1.37. The van der Waals surface area contributed by atoms with Crippen LogP contribution in [-0.2, 0) is 15.0 Å². The molecule has 0 aromatic carbocycles. The summed E-state index contributed by atoms with van der Waals surface area (Å²) in [5, 5.41) is 18.6. The zero-order valence-electron chi connectivity index (χ0n) is 24.0. The van der Waals surface area contributed by atoms with Crippen molar-refractivity contribution in [2.75, 3.05) is 0 Å². The Morgan fingerprint density at radius 2 is 1.71 bits per heavy atom. The Hall–Kier alpha value is -2.55. The van der Waals surface area contributed by atoms with E-state index >= 15 is 0 Å².